The van der Waals surface area contributed by atoms with Crippen LogP contribution >= 0.6 is 23.1 Å². The Morgan fingerprint density at radius 2 is 1.97 bits per heavy atom. The number of amides is 1. The van der Waals surface area contributed by atoms with Crippen molar-refractivity contribution in [3.63, 3.8) is 0 Å². The maximum Gasteiger partial charge on any atom is 0.276 e. The van der Waals surface area contributed by atoms with E-state index in [9.17, 15) is 9.59 Å². The van der Waals surface area contributed by atoms with Gasteiger partial charge in [-0.15, -0.1) is 11.3 Å². The minimum atomic E-state index is -0.0878. The molecule has 5 nitrogen and oxygen atoms in total. The Labute approximate surface area is 194 Å². The number of nitrogens with zero attached hydrogens (tertiary/aromatic N) is 3. The molecule has 1 amide bonds. The Morgan fingerprint density at radius 1 is 1.12 bits per heavy atom. The van der Waals surface area contributed by atoms with E-state index in [0.717, 1.165) is 41.9 Å². The molecule has 0 bridgehead atoms. The summed E-state index contributed by atoms with van der Waals surface area (Å²) in [6.07, 6.45) is 1.95. The number of carbonyl (C=O) groups is 1. The van der Waals surface area contributed by atoms with E-state index in [1.165, 1.54) is 28.7 Å². The lowest BCUT2D eigenvalue weighted by atomic mass is 10.0. The van der Waals surface area contributed by atoms with Gasteiger partial charge in [0.05, 0.1) is 17.0 Å². The summed E-state index contributed by atoms with van der Waals surface area (Å²) < 4.78 is 2.29. The summed E-state index contributed by atoms with van der Waals surface area (Å²) in [5.41, 5.74) is 5.75. The molecule has 0 saturated heterocycles. The van der Waals surface area contributed by atoms with Crippen LogP contribution in [0.4, 0.5) is 5.69 Å². The molecule has 0 atom stereocenters. The van der Waals surface area contributed by atoms with Crippen molar-refractivity contribution >= 4 is 44.9 Å². The second kappa shape index (κ2) is 8.56. The number of anilines is 1. The Morgan fingerprint density at radius 3 is 2.81 bits per heavy atom. The third-order valence-electron chi connectivity index (χ3n) is 5.78. The first kappa shape index (κ1) is 21.0. The molecule has 1 aliphatic rings. The molecule has 2 aromatic carbocycles. The monoisotopic (exact) mass is 461 g/mol. The van der Waals surface area contributed by atoms with E-state index in [4.69, 9.17) is 4.98 Å². The number of aryl methyl sites for hydroxylation is 3. The molecule has 162 valence electrons. The Balaban J connectivity index is 1.51. The third kappa shape index (κ3) is 3.76. The maximum atomic E-state index is 13.4. The first-order chi connectivity index (χ1) is 15.5. The summed E-state index contributed by atoms with van der Waals surface area (Å²) in [5.74, 6) is 0.260. The van der Waals surface area contributed by atoms with Gasteiger partial charge in [0.1, 0.15) is 4.70 Å². The van der Waals surface area contributed by atoms with E-state index >= 15 is 0 Å². The number of benzene rings is 2. The van der Waals surface area contributed by atoms with Crippen molar-refractivity contribution in [2.75, 3.05) is 17.2 Å². The van der Waals surface area contributed by atoms with Gasteiger partial charge in [0, 0.05) is 12.2 Å². The predicted octanol–water partition coefficient (Wildman–Crippen LogP) is 5.14. The molecule has 0 spiro atoms. The summed E-state index contributed by atoms with van der Waals surface area (Å²) >= 11 is 2.73. The number of rotatable bonds is 4. The average molecular weight is 462 g/mol. The molecule has 5 rings (SSSR count). The van der Waals surface area contributed by atoms with Gasteiger partial charge in [-0.1, -0.05) is 47.7 Å². The number of carbonyl (C=O) groups excluding carboxylic acids is 1. The van der Waals surface area contributed by atoms with Crippen molar-refractivity contribution < 1.29 is 4.79 Å². The SMILES string of the molecule is Cc1ccc(-n2c(SCC(=O)N3CCCc4ccccc43)nc3ccsc3c2=O)c(C)c1. The fourth-order valence-corrected chi connectivity index (χ4v) is 5.90. The van der Waals surface area contributed by atoms with Gasteiger partial charge in [0.15, 0.2) is 5.16 Å². The topological polar surface area (TPSA) is 55.2 Å². The molecule has 3 heterocycles. The van der Waals surface area contributed by atoms with Crippen molar-refractivity contribution in [3.05, 3.63) is 81.0 Å². The first-order valence-corrected chi connectivity index (χ1v) is 12.5. The van der Waals surface area contributed by atoms with Crippen molar-refractivity contribution in [1.82, 2.24) is 9.55 Å². The molecule has 32 heavy (non-hydrogen) atoms. The summed E-state index contributed by atoms with van der Waals surface area (Å²) in [4.78, 5) is 33.2. The van der Waals surface area contributed by atoms with Gasteiger partial charge < -0.3 is 4.90 Å². The number of hydrogen-bond acceptors (Lipinski definition) is 5. The smallest absolute Gasteiger partial charge is 0.276 e. The minimum Gasteiger partial charge on any atom is -0.311 e. The molecule has 0 saturated carbocycles. The lowest BCUT2D eigenvalue weighted by molar-refractivity contribution is -0.116. The largest absolute Gasteiger partial charge is 0.311 e. The zero-order chi connectivity index (χ0) is 22.2. The third-order valence-corrected chi connectivity index (χ3v) is 7.59. The molecule has 0 fully saturated rings. The normalized spacial score (nSPS) is 13.4. The predicted molar refractivity (Wildman–Crippen MR) is 133 cm³/mol. The van der Waals surface area contributed by atoms with Gasteiger partial charge in [-0.05, 0) is 61.4 Å². The molecular weight excluding hydrogens is 438 g/mol. The van der Waals surface area contributed by atoms with Crippen molar-refractivity contribution in [2.45, 2.75) is 31.8 Å². The highest BCUT2D eigenvalue weighted by atomic mass is 32.2. The van der Waals surface area contributed by atoms with Crippen LogP contribution < -0.4 is 10.5 Å². The molecule has 0 N–H and O–H groups in total. The standard InChI is InChI=1S/C25H23N3O2S2/c1-16-9-10-20(17(2)14-16)28-24(30)23-19(11-13-31-23)26-25(28)32-15-22(29)27-12-5-7-18-6-3-4-8-21(18)27/h3-4,6,8-11,13-14H,5,7,12,15H2,1-2H3. The van der Waals surface area contributed by atoms with Crippen LogP contribution in [0.15, 0.2) is 63.9 Å². The number of aromatic nitrogens is 2. The average Bonchev–Trinajstić information content (AvgIpc) is 3.27. The molecule has 0 unspecified atom stereocenters. The van der Waals surface area contributed by atoms with Crippen LogP contribution in [0.5, 0.6) is 0 Å². The fraction of sp³-hybridized carbons (Fsp3) is 0.240. The zero-order valence-corrected chi connectivity index (χ0v) is 19.6. The summed E-state index contributed by atoms with van der Waals surface area (Å²) in [7, 11) is 0. The zero-order valence-electron chi connectivity index (χ0n) is 18.0. The lowest BCUT2D eigenvalue weighted by Gasteiger charge is -2.29. The van der Waals surface area contributed by atoms with Gasteiger partial charge in [-0.2, -0.15) is 0 Å². The Bertz CT molecular complexity index is 1390. The van der Waals surface area contributed by atoms with Gasteiger partial charge in [0.2, 0.25) is 5.91 Å². The highest BCUT2D eigenvalue weighted by Gasteiger charge is 2.23. The molecule has 0 radical (unpaired) electrons. The molecule has 2 aromatic heterocycles. The second-order valence-electron chi connectivity index (χ2n) is 8.03. The number of thioether (sulfide) groups is 1. The van der Waals surface area contributed by atoms with Crippen LogP contribution in [0.3, 0.4) is 0 Å². The first-order valence-electron chi connectivity index (χ1n) is 10.6. The van der Waals surface area contributed by atoms with E-state index < -0.39 is 0 Å². The molecule has 7 heteroatoms. The molecule has 0 aliphatic carbocycles. The molecule has 4 aromatic rings. The quantitative estimate of drug-likeness (QED) is 0.312. The van der Waals surface area contributed by atoms with E-state index in [1.807, 2.05) is 60.5 Å². The van der Waals surface area contributed by atoms with Gasteiger partial charge in [-0.25, -0.2) is 4.98 Å². The molecule has 1 aliphatic heterocycles. The van der Waals surface area contributed by atoms with Crippen LogP contribution in [-0.4, -0.2) is 27.8 Å². The number of fused-ring (bicyclic) bond motifs is 2. The highest BCUT2D eigenvalue weighted by Crippen LogP contribution is 2.29. The van der Waals surface area contributed by atoms with E-state index in [1.54, 1.807) is 4.57 Å². The van der Waals surface area contributed by atoms with E-state index in [-0.39, 0.29) is 17.2 Å². The van der Waals surface area contributed by atoms with Crippen molar-refractivity contribution in [3.8, 4) is 5.69 Å². The lowest BCUT2D eigenvalue weighted by Crippen LogP contribution is -2.36. The summed E-state index contributed by atoms with van der Waals surface area (Å²) in [6.45, 7) is 4.75. The minimum absolute atomic E-state index is 0.0361. The van der Waals surface area contributed by atoms with Crippen LogP contribution in [-0.2, 0) is 11.2 Å². The number of thiophene rings is 1. The van der Waals surface area contributed by atoms with E-state index in [2.05, 4.69) is 12.1 Å². The second-order valence-corrected chi connectivity index (χ2v) is 9.88. The Hall–Kier alpha value is -2.90. The summed E-state index contributed by atoms with van der Waals surface area (Å²) in [5, 5.41) is 2.43. The van der Waals surface area contributed by atoms with Gasteiger partial charge in [0.25, 0.3) is 5.56 Å². The van der Waals surface area contributed by atoms with Crippen LogP contribution in [0.25, 0.3) is 15.9 Å². The van der Waals surface area contributed by atoms with Gasteiger partial charge >= 0.3 is 0 Å². The van der Waals surface area contributed by atoms with Crippen molar-refractivity contribution in [1.29, 1.82) is 0 Å². The highest BCUT2D eigenvalue weighted by molar-refractivity contribution is 7.99. The number of para-hydroxylation sites is 1. The van der Waals surface area contributed by atoms with Crippen LogP contribution in [0, 0.1) is 13.8 Å². The Kier molecular flexibility index (Phi) is 5.61. The maximum absolute atomic E-state index is 13.4. The van der Waals surface area contributed by atoms with E-state index in [0.29, 0.717) is 15.4 Å². The fourth-order valence-electron chi connectivity index (χ4n) is 4.25. The van der Waals surface area contributed by atoms with Crippen LogP contribution in [0.1, 0.15) is 23.1 Å². The summed E-state index contributed by atoms with van der Waals surface area (Å²) in [6, 6.07) is 16.0. The number of hydrogen-bond donors (Lipinski definition) is 0. The molecular formula is C25H23N3O2S2. The van der Waals surface area contributed by atoms with Crippen LogP contribution in [0.2, 0.25) is 0 Å². The van der Waals surface area contributed by atoms with Crippen molar-refractivity contribution in [2.24, 2.45) is 0 Å². The van der Waals surface area contributed by atoms with Gasteiger partial charge in [-0.3, -0.25) is 14.2 Å².